The van der Waals surface area contributed by atoms with Crippen LogP contribution in [0.1, 0.15) is 0 Å². The van der Waals surface area contributed by atoms with Crippen LogP contribution in [0, 0.1) is 3.57 Å². The van der Waals surface area contributed by atoms with Gasteiger partial charge in [0.2, 0.25) is 0 Å². The predicted octanol–water partition coefficient (Wildman–Crippen LogP) is 3.61. The summed E-state index contributed by atoms with van der Waals surface area (Å²) >= 11 is 5.58. The van der Waals surface area contributed by atoms with Crippen molar-refractivity contribution in [2.75, 3.05) is 11.9 Å². The minimum absolute atomic E-state index is 0.764. The summed E-state index contributed by atoms with van der Waals surface area (Å²) in [7, 11) is 0. The van der Waals surface area contributed by atoms with Crippen molar-refractivity contribution in [3.8, 4) is 0 Å². The molecule has 1 N–H and O–H groups in total. The van der Waals surface area contributed by atoms with Crippen LogP contribution >= 0.6 is 38.5 Å². The molecule has 0 amide bonds. The van der Waals surface area contributed by atoms with Crippen LogP contribution in [-0.4, -0.2) is 6.54 Å². The number of rotatable bonds is 3. The highest BCUT2D eigenvalue weighted by Gasteiger charge is 1.92. The Labute approximate surface area is 94.5 Å². The highest BCUT2D eigenvalue weighted by molar-refractivity contribution is 14.1. The molecule has 0 atom stereocenters. The molecule has 1 aromatic carbocycles. The van der Waals surface area contributed by atoms with E-state index >= 15 is 0 Å². The minimum atomic E-state index is 0.764. The van der Waals surface area contributed by atoms with Gasteiger partial charge in [-0.05, 0) is 40.8 Å². The molecule has 12 heavy (non-hydrogen) atoms. The maximum atomic E-state index is 3.74. The quantitative estimate of drug-likeness (QED) is 0.831. The molecule has 0 aliphatic heterocycles. The Morgan fingerprint density at radius 2 is 2.33 bits per heavy atom. The lowest BCUT2D eigenvalue weighted by Gasteiger charge is -2.04. The molecule has 0 saturated carbocycles. The van der Waals surface area contributed by atoms with E-state index in [0.717, 1.165) is 16.7 Å². The van der Waals surface area contributed by atoms with E-state index in [9.17, 15) is 0 Å². The van der Waals surface area contributed by atoms with Crippen LogP contribution in [0.15, 0.2) is 35.3 Å². The zero-order valence-electron chi connectivity index (χ0n) is 6.48. The van der Waals surface area contributed by atoms with Gasteiger partial charge in [0, 0.05) is 20.3 Å². The standard InChI is InChI=1S/C9H9BrIN/c1-7(10)6-12-9-4-2-3-8(11)5-9/h2-5,12H,1,6H2. The van der Waals surface area contributed by atoms with E-state index in [1.165, 1.54) is 3.57 Å². The van der Waals surface area contributed by atoms with Crippen LogP contribution in [0.5, 0.6) is 0 Å². The Bertz CT molecular complexity index is 286. The molecule has 0 spiro atoms. The molecule has 1 nitrogen and oxygen atoms in total. The first kappa shape index (κ1) is 10.1. The van der Waals surface area contributed by atoms with Crippen LogP contribution in [-0.2, 0) is 0 Å². The van der Waals surface area contributed by atoms with E-state index in [1.807, 2.05) is 12.1 Å². The van der Waals surface area contributed by atoms with Gasteiger partial charge in [-0.25, -0.2) is 0 Å². The molecule has 1 rings (SSSR count). The van der Waals surface area contributed by atoms with E-state index in [0.29, 0.717) is 0 Å². The third-order valence-electron chi connectivity index (χ3n) is 1.31. The summed E-state index contributed by atoms with van der Waals surface area (Å²) in [6, 6.07) is 8.23. The van der Waals surface area contributed by atoms with Gasteiger partial charge < -0.3 is 5.32 Å². The lowest BCUT2D eigenvalue weighted by atomic mass is 10.3. The first-order valence-electron chi connectivity index (χ1n) is 3.51. The molecule has 0 unspecified atom stereocenters. The van der Waals surface area contributed by atoms with E-state index in [2.05, 4.69) is 62.5 Å². The fourth-order valence-corrected chi connectivity index (χ4v) is 1.48. The number of hydrogen-bond donors (Lipinski definition) is 1. The molecule has 64 valence electrons. The van der Waals surface area contributed by atoms with Gasteiger partial charge in [0.25, 0.3) is 0 Å². The monoisotopic (exact) mass is 337 g/mol. The Hall–Kier alpha value is -0.0300. The SMILES string of the molecule is C=C(Br)CNc1cccc(I)c1. The Morgan fingerprint density at radius 3 is 2.92 bits per heavy atom. The van der Waals surface area contributed by atoms with E-state index in [-0.39, 0.29) is 0 Å². The summed E-state index contributed by atoms with van der Waals surface area (Å²) in [5, 5.41) is 3.23. The van der Waals surface area contributed by atoms with Crippen molar-refractivity contribution in [2.24, 2.45) is 0 Å². The summed E-state index contributed by atoms with van der Waals surface area (Å²) in [5.74, 6) is 0. The first-order chi connectivity index (χ1) is 5.68. The second-order valence-electron chi connectivity index (χ2n) is 2.38. The van der Waals surface area contributed by atoms with Crippen molar-refractivity contribution in [3.63, 3.8) is 0 Å². The molecule has 0 heterocycles. The van der Waals surface area contributed by atoms with Crippen molar-refractivity contribution in [2.45, 2.75) is 0 Å². The summed E-state index contributed by atoms with van der Waals surface area (Å²) < 4.78 is 2.19. The highest BCUT2D eigenvalue weighted by Crippen LogP contribution is 2.13. The van der Waals surface area contributed by atoms with Crippen LogP contribution in [0.4, 0.5) is 5.69 Å². The molecular weight excluding hydrogens is 329 g/mol. The van der Waals surface area contributed by atoms with E-state index < -0.39 is 0 Å². The molecule has 1 aromatic rings. The first-order valence-corrected chi connectivity index (χ1v) is 5.38. The summed E-state index contributed by atoms with van der Waals surface area (Å²) in [6.07, 6.45) is 0. The number of benzene rings is 1. The summed E-state index contributed by atoms with van der Waals surface area (Å²) in [4.78, 5) is 0. The van der Waals surface area contributed by atoms with Crippen molar-refractivity contribution >= 4 is 44.2 Å². The van der Waals surface area contributed by atoms with Crippen molar-refractivity contribution < 1.29 is 0 Å². The van der Waals surface area contributed by atoms with E-state index in [4.69, 9.17) is 0 Å². The lowest BCUT2D eigenvalue weighted by molar-refractivity contribution is 1.32. The number of anilines is 1. The average molecular weight is 338 g/mol. The number of nitrogens with one attached hydrogen (secondary N) is 1. The fraction of sp³-hybridized carbons (Fsp3) is 0.111. The van der Waals surface area contributed by atoms with Gasteiger partial charge in [-0.2, -0.15) is 0 Å². The van der Waals surface area contributed by atoms with Crippen LogP contribution in [0.3, 0.4) is 0 Å². The topological polar surface area (TPSA) is 12.0 Å². The minimum Gasteiger partial charge on any atom is -0.380 e. The molecule has 0 bridgehead atoms. The maximum absolute atomic E-state index is 3.74. The van der Waals surface area contributed by atoms with Gasteiger partial charge in [-0.15, -0.1) is 0 Å². The van der Waals surface area contributed by atoms with Crippen LogP contribution < -0.4 is 5.32 Å². The third-order valence-corrected chi connectivity index (χ3v) is 2.26. The summed E-state index contributed by atoms with van der Waals surface area (Å²) in [6.45, 7) is 4.51. The molecule has 0 aromatic heterocycles. The molecular formula is C9H9BrIN. The molecule has 0 aliphatic carbocycles. The highest BCUT2D eigenvalue weighted by atomic mass is 127. The van der Waals surface area contributed by atoms with E-state index in [1.54, 1.807) is 0 Å². The second kappa shape index (κ2) is 4.87. The lowest BCUT2D eigenvalue weighted by Crippen LogP contribution is -2.00. The molecule has 0 fully saturated rings. The smallest absolute Gasteiger partial charge is 0.0460 e. The number of hydrogen-bond acceptors (Lipinski definition) is 1. The normalized spacial score (nSPS) is 9.50. The van der Waals surface area contributed by atoms with Gasteiger partial charge in [-0.1, -0.05) is 28.6 Å². The third kappa shape index (κ3) is 3.58. The zero-order chi connectivity index (χ0) is 8.97. The fourth-order valence-electron chi connectivity index (χ4n) is 0.796. The van der Waals surface area contributed by atoms with Gasteiger partial charge in [0.1, 0.15) is 0 Å². The average Bonchev–Trinajstić information content (AvgIpc) is 2.01. The molecule has 0 aliphatic rings. The van der Waals surface area contributed by atoms with Gasteiger partial charge in [0.05, 0.1) is 0 Å². The van der Waals surface area contributed by atoms with Crippen molar-refractivity contribution in [1.29, 1.82) is 0 Å². The zero-order valence-corrected chi connectivity index (χ0v) is 10.2. The van der Waals surface area contributed by atoms with Crippen molar-refractivity contribution in [1.82, 2.24) is 0 Å². The van der Waals surface area contributed by atoms with Gasteiger partial charge >= 0.3 is 0 Å². The number of halogens is 2. The Morgan fingerprint density at radius 1 is 1.58 bits per heavy atom. The maximum Gasteiger partial charge on any atom is 0.0460 e. The molecule has 3 heteroatoms. The van der Waals surface area contributed by atoms with Crippen molar-refractivity contribution in [3.05, 3.63) is 38.9 Å². The van der Waals surface area contributed by atoms with Crippen LogP contribution in [0.25, 0.3) is 0 Å². The summed E-state index contributed by atoms with van der Waals surface area (Å²) in [5.41, 5.74) is 1.13. The van der Waals surface area contributed by atoms with Crippen LogP contribution in [0.2, 0.25) is 0 Å². The van der Waals surface area contributed by atoms with Gasteiger partial charge in [-0.3, -0.25) is 0 Å². The second-order valence-corrected chi connectivity index (χ2v) is 4.75. The molecule has 0 saturated heterocycles. The predicted molar refractivity (Wildman–Crippen MR) is 65.7 cm³/mol. The van der Waals surface area contributed by atoms with Gasteiger partial charge in [0.15, 0.2) is 0 Å². The Balaban J connectivity index is 2.57. The Kier molecular flexibility index (Phi) is 4.08. The largest absolute Gasteiger partial charge is 0.380 e. The molecule has 0 radical (unpaired) electrons.